The Kier molecular flexibility index (Phi) is 4.06. The minimum absolute atomic E-state index is 0.549. The second-order valence-electron chi connectivity index (χ2n) is 4.84. The third-order valence-electron chi connectivity index (χ3n) is 3.22. The lowest BCUT2D eigenvalue weighted by atomic mass is 10.1. The zero-order chi connectivity index (χ0) is 14.7. The predicted molar refractivity (Wildman–Crippen MR) is 88.8 cm³/mol. The van der Waals surface area contributed by atoms with Crippen LogP contribution in [-0.2, 0) is 6.54 Å². The first-order chi connectivity index (χ1) is 10.2. The number of fused-ring (bicyclic) bond motifs is 1. The number of halogens is 1. The van der Waals surface area contributed by atoms with Crippen LogP contribution < -0.4 is 0 Å². The monoisotopic (exact) mass is 339 g/mol. The van der Waals surface area contributed by atoms with Gasteiger partial charge in [-0.15, -0.1) is 5.11 Å². The number of hydrogen-bond acceptors (Lipinski definition) is 3. The molecule has 3 nitrogen and oxygen atoms in total. The molecule has 0 radical (unpaired) electrons. The molecular weight excluding hydrogens is 326 g/mol. The van der Waals surface area contributed by atoms with Gasteiger partial charge in [0.05, 0.1) is 12.1 Å². The smallest absolute Gasteiger partial charge is 0.174 e. The van der Waals surface area contributed by atoms with Crippen molar-refractivity contribution in [2.75, 3.05) is 0 Å². The van der Waals surface area contributed by atoms with Gasteiger partial charge in [0.1, 0.15) is 0 Å². The Bertz CT molecular complexity index is 812. The number of benzene rings is 2. The van der Waals surface area contributed by atoms with E-state index in [2.05, 4.69) is 44.1 Å². The molecule has 0 aliphatic rings. The standard InChI is InChI=1S/C17H14BrN3/c1-12-9-17(20-16-8-3-2-7-15(12)16)21-19-11-13-5-4-6-14(18)10-13/h2-10H,11H2,1H3. The summed E-state index contributed by atoms with van der Waals surface area (Å²) in [5.74, 6) is 0.654. The fraction of sp³-hybridized carbons (Fsp3) is 0.118. The normalized spacial score (nSPS) is 11.3. The highest BCUT2D eigenvalue weighted by Gasteiger charge is 2.01. The number of nitrogens with zero attached hydrogens (tertiary/aromatic N) is 3. The maximum Gasteiger partial charge on any atom is 0.174 e. The molecule has 0 fully saturated rings. The van der Waals surface area contributed by atoms with E-state index >= 15 is 0 Å². The number of pyridine rings is 1. The lowest BCUT2D eigenvalue weighted by molar-refractivity contribution is 0.948. The van der Waals surface area contributed by atoms with E-state index in [1.54, 1.807) is 0 Å². The molecule has 3 rings (SSSR count). The van der Waals surface area contributed by atoms with Crippen LogP contribution in [0.15, 0.2) is 69.3 Å². The molecule has 104 valence electrons. The molecule has 0 aliphatic carbocycles. The highest BCUT2D eigenvalue weighted by atomic mass is 79.9. The molecule has 1 aromatic heterocycles. The largest absolute Gasteiger partial charge is 0.227 e. The Labute approximate surface area is 131 Å². The minimum Gasteiger partial charge on any atom is -0.227 e. The summed E-state index contributed by atoms with van der Waals surface area (Å²) in [4.78, 5) is 4.52. The second-order valence-corrected chi connectivity index (χ2v) is 5.76. The van der Waals surface area contributed by atoms with E-state index < -0.39 is 0 Å². The van der Waals surface area contributed by atoms with Crippen molar-refractivity contribution < 1.29 is 0 Å². The molecule has 4 heteroatoms. The highest BCUT2D eigenvalue weighted by Crippen LogP contribution is 2.22. The van der Waals surface area contributed by atoms with E-state index in [9.17, 15) is 0 Å². The third-order valence-corrected chi connectivity index (χ3v) is 3.72. The van der Waals surface area contributed by atoms with Crippen LogP contribution in [0, 0.1) is 6.92 Å². The summed E-state index contributed by atoms with van der Waals surface area (Å²) in [5.41, 5.74) is 3.23. The molecule has 0 aliphatic heterocycles. The molecular formula is C17H14BrN3. The lowest BCUT2D eigenvalue weighted by Gasteiger charge is -2.02. The van der Waals surface area contributed by atoms with Gasteiger partial charge < -0.3 is 0 Å². The minimum atomic E-state index is 0.549. The van der Waals surface area contributed by atoms with Crippen molar-refractivity contribution in [1.82, 2.24) is 4.98 Å². The predicted octanol–water partition coefficient (Wildman–Crippen LogP) is 5.59. The Morgan fingerprint density at radius 1 is 1.05 bits per heavy atom. The molecule has 0 amide bonds. The summed E-state index contributed by atoms with van der Waals surface area (Å²) in [7, 11) is 0. The fourth-order valence-corrected chi connectivity index (χ4v) is 2.65. The number of azo groups is 1. The molecule has 1 heterocycles. The van der Waals surface area contributed by atoms with E-state index in [0.717, 1.165) is 26.5 Å². The van der Waals surface area contributed by atoms with Crippen molar-refractivity contribution >= 4 is 32.7 Å². The summed E-state index contributed by atoms with van der Waals surface area (Å²) in [6.07, 6.45) is 0. The molecule has 0 N–H and O–H groups in total. The average Bonchev–Trinajstić information content (AvgIpc) is 2.47. The molecule has 0 bridgehead atoms. The van der Waals surface area contributed by atoms with Gasteiger partial charge in [0.25, 0.3) is 0 Å². The van der Waals surface area contributed by atoms with Crippen molar-refractivity contribution in [3.63, 3.8) is 0 Å². The summed E-state index contributed by atoms with van der Waals surface area (Å²) < 4.78 is 1.05. The summed E-state index contributed by atoms with van der Waals surface area (Å²) in [6, 6.07) is 18.1. The van der Waals surface area contributed by atoms with Crippen LogP contribution >= 0.6 is 15.9 Å². The second kappa shape index (κ2) is 6.14. The molecule has 2 aromatic carbocycles. The van der Waals surface area contributed by atoms with Crippen LogP contribution in [0.1, 0.15) is 11.1 Å². The van der Waals surface area contributed by atoms with Gasteiger partial charge in [0.15, 0.2) is 5.82 Å². The zero-order valence-corrected chi connectivity index (χ0v) is 13.2. The van der Waals surface area contributed by atoms with Crippen LogP contribution in [-0.4, -0.2) is 4.98 Å². The van der Waals surface area contributed by atoms with Crippen LogP contribution in [0.3, 0.4) is 0 Å². The zero-order valence-electron chi connectivity index (χ0n) is 11.6. The number of aryl methyl sites for hydroxylation is 1. The SMILES string of the molecule is Cc1cc(N=NCc2cccc(Br)c2)nc2ccccc12. The van der Waals surface area contributed by atoms with E-state index in [0.29, 0.717) is 12.4 Å². The van der Waals surface area contributed by atoms with E-state index in [1.807, 2.05) is 48.5 Å². The Hall–Kier alpha value is -2.07. The van der Waals surface area contributed by atoms with Gasteiger partial charge >= 0.3 is 0 Å². The lowest BCUT2D eigenvalue weighted by Crippen LogP contribution is -1.84. The van der Waals surface area contributed by atoms with Crippen molar-refractivity contribution in [1.29, 1.82) is 0 Å². The molecule has 21 heavy (non-hydrogen) atoms. The number of para-hydroxylation sites is 1. The number of rotatable bonds is 3. The molecule has 0 unspecified atom stereocenters. The molecule has 0 spiro atoms. The van der Waals surface area contributed by atoms with Gasteiger partial charge in [-0.25, -0.2) is 4.98 Å². The van der Waals surface area contributed by atoms with Crippen molar-refractivity contribution in [2.24, 2.45) is 10.2 Å². The van der Waals surface area contributed by atoms with Gasteiger partial charge in [-0.1, -0.05) is 46.3 Å². The maximum absolute atomic E-state index is 4.52. The van der Waals surface area contributed by atoms with Crippen LogP contribution in [0.2, 0.25) is 0 Å². The first-order valence-corrected chi connectivity index (χ1v) is 7.50. The Morgan fingerprint density at radius 3 is 2.76 bits per heavy atom. The van der Waals surface area contributed by atoms with Gasteiger partial charge in [0, 0.05) is 9.86 Å². The molecule has 0 saturated heterocycles. The molecule has 0 saturated carbocycles. The topological polar surface area (TPSA) is 37.6 Å². The van der Waals surface area contributed by atoms with Gasteiger partial charge in [-0.2, -0.15) is 5.11 Å². The Balaban J connectivity index is 1.83. The number of hydrogen-bond donors (Lipinski definition) is 0. The maximum atomic E-state index is 4.52. The first-order valence-electron chi connectivity index (χ1n) is 6.71. The molecule has 3 aromatic rings. The van der Waals surface area contributed by atoms with Crippen molar-refractivity contribution in [3.8, 4) is 0 Å². The fourth-order valence-electron chi connectivity index (χ4n) is 2.21. The van der Waals surface area contributed by atoms with Crippen LogP contribution in [0.25, 0.3) is 10.9 Å². The summed E-state index contributed by atoms with van der Waals surface area (Å²) >= 11 is 3.45. The van der Waals surface area contributed by atoms with Gasteiger partial charge in [-0.05, 0) is 42.3 Å². The highest BCUT2D eigenvalue weighted by molar-refractivity contribution is 9.10. The third kappa shape index (κ3) is 3.34. The van der Waals surface area contributed by atoms with Crippen molar-refractivity contribution in [2.45, 2.75) is 13.5 Å². The van der Waals surface area contributed by atoms with E-state index in [4.69, 9.17) is 0 Å². The van der Waals surface area contributed by atoms with E-state index in [1.165, 1.54) is 0 Å². The summed E-state index contributed by atoms with van der Waals surface area (Å²) in [6.45, 7) is 2.62. The van der Waals surface area contributed by atoms with Crippen molar-refractivity contribution in [3.05, 3.63) is 70.2 Å². The summed E-state index contributed by atoms with van der Waals surface area (Å²) in [5, 5.41) is 9.64. The average molecular weight is 340 g/mol. The van der Waals surface area contributed by atoms with E-state index in [-0.39, 0.29) is 0 Å². The number of aromatic nitrogens is 1. The van der Waals surface area contributed by atoms with Crippen LogP contribution in [0.4, 0.5) is 5.82 Å². The first kappa shape index (κ1) is 13.9. The van der Waals surface area contributed by atoms with Gasteiger partial charge in [0.2, 0.25) is 0 Å². The molecule has 0 atom stereocenters. The quantitative estimate of drug-likeness (QED) is 0.573. The van der Waals surface area contributed by atoms with Gasteiger partial charge in [-0.3, -0.25) is 0 Å². The van der Waals surface area contributed by atoms with Crippen LogP contribution in [0.5, 0.6) is 0 Å². The Morgan fingerprint density at radius 2 is 1.90 bits per heavy atom.